The Kier molecular flexibility index (Phi) is 30.9. The van der Waals surface area contributed by atoms with E-state index in [1.807, 2.05) is 0 Å². The van der Waals surface area contributed by atoms with Crippen molar-refractivity contribution in [1.82, 2.24) is 0 Å². The first-order chi connectivity index (χ1) is 8.00. The van der Waals surface area contributed by atoms with Crippen molar-refractivity contribution in [1.29, 1.82) is 0 Å². The second-order valence-corrected chi connectivity index (χ2v) is 26.5. The van der Waals surface area contributed by atoms with E-state index in [0.717, 1.165) is 0 Å². The molecule has 0 rings (SSSR count). The SMILES string of the molecule is O=S(=O)([O-])[O-].O=S(=O)([O-])[O-].O=S(=O)([O-])[O-].[Cl][Zr]([Cl])([Cl])[Cl].[Fe+3].[Fe+3]. The van der Waals surface area contributed by atoms with E-state index in [9.17, 15) is 0 Å². The van der Waals surface area contributed by atoms with Crippen LogP contribution in [-0.2, 0) is 80.8 Å². The Labute approximate surface area is 165 Å². The molecular formula is Cl4Fe2O12S3Zr. The quantitative estimate of drug-likeness (QED) is 0.173. The summed E-state index contributed by atoms with van der Waals surface area (Å²) in [5.41, 5.74) is 0. The Morgan fingerprint density at radius 1 is 0.500 bits per heavy atom. The molecular weight excluding hydrogens is 633 g/mol. The Morgan fingerprint density at radius 2 is 0.500 bits per heavy atom. The van der Waals surface area contributed by atoms with Crippen molar-refractivity contribution >= 4 is 65.2 Å². The molecule has 0 N–H and O–H groups in total. The summed E-state index contributed by atoms with van der Waals surface area (Å²) in [6.45, 7) is 0. The third-order valence-electron chi connectivity index (χ3n) is 0. The van der Waals surface area contributed by atoms with Gasteiger partial charge in [0.15, 0.2) is 0 Å². The molecule has 138 valence electrons. The van der Waals surface area contributed by atoms with Crippen molar-refractivity contribution in [3.8, 4) is 0 Å². The summed E-state index contributed by atoms with van der Waals surface area (Å²) in [5.74, 6) is 0. The predicted octanol–water partition coefficient (Wildman–Crippen LogP) is -1.26. The minimum absolute atomic E-state index is 0. The Bertz CT molecular complexity index is 430. The monoisotopic (exact) mass is 630 g/mol. The smallest absolute Gasteiger partial charge is 3.00 e. The normalized spacial score (nSPS) is 10.6. The molecule has 22 heavy (non-hydrogen) atoms. The van der Waals surface area contributed by atoms with Crippen LogP contribution in [-0.4, -0.2) is 52.6 Å². The van der Waals surface area contributed by atoms with Crippen LogP contribution >= 0.6 is 34.1 Å². The summed E-state index contributed by atoms with van der Waals surface area (Å²) in [6.07, 6.45) is 0. The average molecular weight is 633 g/mol. The molecule has 22 heteroatoms. The zero-order valence-corrected chi connectivity index (χ0v) is 19.0. The number of hydrogen-bond acceptors (Lipinski definition) is 12. The van der Waals surface area contributed by atoms with E-state index in [0.29, 0.717) is 0 Å². The molecule has 0 aromatic heterocycles. The van der Waals surface area contributed by atoms with E-state index in [-0.39, 0.29) is 34.1 Å². The van der Waals surface area contributed by atoms with Gasteiger partial charge in [0.25, 0.3) is 0 Å². The third kappa shape index (κ3) is 1470. The summed E-state index contributed by atoms with van der Waals surface area (Å²) in [6, 6.07) is 0. The van der Waals surface area contributed by atoms with E-state index >= 15 is 0 Å². The maximum Gasteiger partial charge on any atom is 3.00 e. The van der Waals surface area contributed by atoms with Crippen molar-refractivity contribution in [3.05, 3.63) is 0 Å². The van der Waals surface area contributed by atoms with Crippen LogP contribution in [0.15, 0.2) is 0 Å². The van der Waals surface area contributed by atoms with Crippen LogP contribution in [0.5, 0.6) is 0 Å². The van der Waals surface area contributed by atoms with Crippen LogP contribution in [0, 0.1) is 0 Å². The van der Waals surface area contributed by atoms with Gasteiger partial charge in [0, 0.05) is 31.2 Å². The van der Waals surface area contributed by atoms with Crippen molar-refractivity contribution < 1.29 is 102 Å². The molecule has 0 fully saturated rings. The van der Waals surface area contributed by atoms with Gasteiger partial charge in [-0.05, 0) is 0 Å². The third-order valence-corrected chi connectivity index (χ3v) is 0. The molecule has 0 heterocycles. The van der Waals surface area contributed by atoms with Crippen LogP contribution in [0.3, 0.4) is 0 Å². The minimum atomic E-state index is -5.17. The molecule has 0 atom stereocenters. The fraction of sp³-hybridized carbons (Fsp3) is 0. The number of rotatable bonds is 0. The molecule has 0 aliphatic rings. The van der Waals surface area contributed by atoms with Crippen molar-refractivity contribution in [3.63, 3.8) is 0 Å². The molecule has 0 amide bonds. The second kappa shape index (κ2) is 17.1. The van der Waals surface area contributed by atoms with E-state index in [4.69, 9.17) is 86.6 Å². The molecule has 2 radical (unpaired) electrons. The summed E-state index contributed by atoms with van der Waals surface area (Å²) < 4.78 is 102. The van der Waals surface area contributed by atoms with Gasteiger partial charge in [-0.2, -0.15) is 0 Å². The zero-order chi connectivity index (χ0) is 18.0. The van der Waals surface area contributed by atoms with E-state index in [2.05, 4.69) is 0 Å². The van der Waals surface area contributed by atoms with E-state index in [1.54, 1.807) is 0 Å². The van der Waals surface area contributed by atoms with Gasteiger partial charge in [0.05, 0.1) is 0 Å². The summed E-state index contributed by atoms with van der Waals surface area (Å²) >= 11 is -3.29. The van der Waals surface area contributed by atoms with Crippen LogP contribution in [0.1, 0.15) is 0 Å². The first-order valence-electron chi connectivity index (χ1n) is 2.76. The largest absolute Gasteiger partial charge is 3.00 e. The number of halogens is 4. The summed E-state index contributed by atoms with van der Waals surface area (Å²) in [5, 5.41) is 0. The summed E-state index contributed by atoms with van der Waals surface area (Å²) in [7, 11) is 4.65. The molecule has 0 aliphatic carbocycles. The maximum absolute atomic E-state index is 8.52. The van der Waals surface area contributed by atoms with Crippen molar-refractivity contribution in [2.24, 2.45) is 0 Å². The topological polar surface area (TPSA) is 241 Å². The van der Waals surface area contributed by atoms with E-state index in [1.165, 1.54) is 0 Å². The van der Waals surface area contributed by atoms with Gasteiger partial charge in [0.2, 0.25) is 0 Å². The molecule has 0 saturated heterocycles. The van der Waals surface area contributed by atoms with Crippen molar-refractivity contribution in [2.75, 3.05) is 0 Å². The fourth-order valence-corrected chi connectivity index (χ4v) is 0. The first-order valence-corrected chi connectivity index (χ1v) is 19.4. The molecule has 0 spiro atoms. The van der Waals surface area contributed by atoms with E-state index < -0.39 is 46.7 Å². The second-order valence-electron chi connectivity index (χ2n) is 1.65. The van der Waals surface area contributed by atoms with Crippen LogP contribution in [0.2, 0.25) is 0 Å². The van der Waals surface area contributed by atoms with Gasteiger partial charge in [-0.15, -0.1) is 0 Å². The number of hydrogen-bond donors (Lipinski definition) is 0. The summed E-state index contributed by atoms with van der Waals surface area (Å²) in [4.78, 5) is 0. The van der Waals surface area contributed by atoms with Crippen LogP contribution < -0.4 is 0 Å². The fourth-order valence-electron chi connectivity index (χ4n) is 0. The molecule has 0 saturated carbocycles. The Morgan fingerprint density at radius 3 is 0.500 bits per heavy atom. The average Bonchev–Trinajstić information content (AvgIpc) is 1.62. The zero-order valence-electron chi connectivity index (χ0n) is 8.84. The molecule has 0 aliphatic heterocycles. The predicted molar refractivity (Wildman–Crippen MR) is 54.8 cm³/mol. The Hall–Kier alpha value is 2.69. The molecule has 0 aromatic carbocycles. The van der Waals surface area contributed by atoms with Gasteiger partial charge in [-0.3, -0.25) is 25.3 Å². The molecule has 12 nitrogen and oxygen atoms in total. The molecule has 0 bridgehead atoms. The van der Waals surface area contributed by atoms with Crippen LogP contribution in [0.4, 0.5) is 0 Å². The standard InChI is InChI=1S/4ClH.2Fe.3H2O4S.Zr/c;;;;;;3*1-5(2,3)4;/h4*1H;;;3*(H2,1,2,3,4);/q;;;;2*+3;;;;+4/p-10. The minimum Gasteiger partial charge on any atom is 3.00 e. The van der Waals surface area contributed by atoms with Gasteiger partial charge >= 0.3 is 83.7 Å². The maximum atomic E-state index is 8.52. The Balaban J connectivity index is -0.0000000376. The van der Waals surface area contributed by atoms with Gasteiger partial charge in [0.1, 0.15) is 0 Å². The van der Waals surface area contributed by atoms with Gasteiger partial charge in [-0.25, -0.2) is 0 Å². The molecule has 0 aromatic rings. The first kappa shape index (κ1) is 39.7. The molecule has 0 unspecified atom stereocenters. The van der Waals surface area contributed by atoms with Gasteiger partial charge in [-0.1, -0.05) is 0 Å². The van der Waals surface area contributed by atoms with Crippen molar-refractivity contribution in [2.45, 2.75) is 0 Å². The van der Waals surface area contributed by atoms with Gasteiger partial charge < -0.3 is 27.3 Å². The van der Waals surface area contributed by atoms with Crippen LogP contribution in [0.25, 0.3) is 0 Å².